The molecule has 0 bridgehead atoms. The Bertz CT molecular complexity index is 533. The van der Waals surface area contributed by atoms with Crippen LogP contribution in [0, 0.1) is 0 Å². The molecule has 2 unspecified atom stereocenters. The van der Waals surface area contributed by atoms with Gasteiger partial charge in [0.25, 0.3) is 0 Å². The lowest BCUT2D eigenvalue weighted by Gasteiger charge is -2.28. The van der Waals surface area contributed by atoms with E-state index in [-0.39, 0.29) is 17.9 Å². The second-order valence-corrected chi connectivity index (χ2v) is 5.99. The van der Waals surface area contributed by atoms with Gasteiger partial charge in [0.05, 0.1) is 0 Å². The van der Waals surface area contributed by atoms with Gasteiger partial charge in [0, 0.05) is 24.0 Å². The third-order valence-electron chi connectivity index (χ3n) is 3.75. The number of nitrogens with one attached hydrogen (secondary N) is 1. The first-order valence-corrected chi connectivity index (χ1v) is 7.73. The molecule has 0 spiro atoms. The molecule has 1 aromatic carbocycles. The second-order valence-electron chi connectivity index (χ2n) is 5.56. The maximum atomic E-state index is 12.7. The normalized spacial score (nSPS) is 22.9. The van der Waals surface area contributed by atoms with E-state index in [1.807, 2.05) is 38.1 Å². The van der Waals surface area contributed by atoms with Crippen LogP contribution in [0.5, 0.6) is 0 Å². The Kier molecular flexibility index (Phi) is 5.23. The van der Waals surface area contributed by atoms with Crippen molar-refractivity contribution in [1.82, 2.24) is 10.2 Å². The van der Waals surface area contributed by atoms with Crippen molar-refractivity contribution in [1.29, 1.82) is 0 Å². The van der Waals surface area contributed by atoms with Crippen LogP contribution >= 0.6 is 11.6 Å². The summed E-state index contributed by atoms with van der Waals surface area (Å²) < 4.78 is 0. The van der Waals surface area contributed by atoms with Crippen molar-refractivity contribution >= 4 is 23.4 Å². The summed E-state index contributed by atoms with van der Waals surface area (Å²) in [6.45, 7) is 4.40. The second kappa shape index (κ2) is 6.94. The molecule has 0 radical (unpaired) electrons. The van der Waals surface area contributed by atoms with Gasteiger partial charge in [-0.2, -0.15) is 0 Å². The standard InChI is InChI=1S/C16H21ClN2O2/c1-3-5-14-16(21)19(11(2)8-15(20)18-14)10-12-6-4-7-13(17)9-12/h4,6-7,9,11,14H,3,5,8,10H2,1-2H3,(H,18,20). The Morgan fingerprint density at radius 3 is 2.81 bits per heavy atom. The first-order chi connectivity index (χ1) is 10.0. The average molecular weight is 309 g/mol. The third kappa shape index (κ3) is 3.97. The molecule has 5 heteroatoms. The zero-order valence-corrected chi connectivity index (χ0v) is 13.2. The summed E-state index contributed by atoms with van der Waals surface area (Å²) in [4.78, 5) is 26.3. The highest BCUT2D eigenvalue weighted by molar-refractivity contribution is 6.30. The van der Waals surface area contributed by atoms with Crippen LogP contribution in [0.15, 0.2) is 24.3 Å². The Morgan fingerprint density at radius 1 is 1.38 bits per heavy atom. The van der Waals surface area contributed by atoms with Crippen LogP contribution in [0.25, 0.3) is 0 Å². The Labute approximate surface area is 130 Å². The van der Waals surface area contributed by atoms with Gasteiger partial charge in [0.2, 0.25) is 11.8 Å². The summed E-state index contributed by atoms with van der Waals surface area (Å²) in [6.07, 6.45) is 1.87. The maximum absolute atomic E-state index is 12.7. The fourth-order valence-corrected chi connectivity index (χ4v) is 2.87. The van der Waals surface area contributed by atoms with Crippen LogP contribution in [0.1, 0.15) is 38.7 Å². The quantitative estimate of drug-likeness (QED) is 0.930. The molecule has 0 saturated carbocycles. The van der Waals surface area contributed by atoms with Crippen LogP contribution in [-0.2, 0) is 16.1 Å². The van der Waals surface area contributed by atoms with Gasteiger partial charge in [-0.15, -0.1) is 0 Å². The Morgan fingerprint density at radius 2 is 2.14 bits per heavy atom. The molecule has 114 valence electrons. The molecule has 2 atom stereocenters. The summed E-state index contributed by atoms with van der Waals surface area (Å²) in [5.74, 6) is -0.0573. The van der Waals surface area contributed by atoms with E-state index in [1.165, 1.54) is 0 Å². The van der Waals surface area contributed by atoms with Gasteiger partial charge in [-0.1, -0.05) is 37.1 Å². The highest BCUT2D eigenvalue weighted by atomic mass is 35.5. The molecule has 2 rings (SSSR count). The topological polar surface area (TPSA) is 49.4 Å². The van der Waals surface area contributed by atoms with Gasteiger partial charge in [-0.05, 0) is 31.0 Å². The number of nitrogens with zero attached hydrogens (tertiary/aromatic N) is 1. The van der Waals surface area contributed by atoms with Crippen molar-refractivity contribution in [2.45, 2.75) is 51.7 Å². The number of halogens is 1. The lowest BCUT2D eigenvalue weighted by Crippen LogP contribution is -2.45. The largest absolute Gasteiger partial charge is 0.344 e. The summed E-state index contributed by atoms with van der Waals surface area (Å²) in [5.41, 5.74) is 0.979. The van der Waals surface area contributed by atoms with E-state index >= 15 is 0 Å². The molecule has 1 heterocycles. The van der Waals surface area contributed by atoms with Crippen LogP contribution in [-0.4, -0.2) is 28.8 Å². The molecule has 0 aromatic heterocycles. The molecule has 1 saturated heterocycles. The lowest BCUT2D eigenvalue weighted by molar-refractivity contribution is -0.135. The van der Waals surface area contributed by atoms with Crippen LogP contribution in [0.2, 0.25) is 5.02 Å². The summed E-state index contributed by atoms with van der Waals surface area (Å²) in [5, 5.41) is 3.49. The number of hydrogen-bond acceptors (Lipinski definition) is 2. The zero-order valence-electron chi connectivity index (χ0n) is 12.4. The number of amides is 2. The molecule has 4 nitrogen and oxygen atoms in total. The molecule has 1 fully saturated rings. The van der Waals surface area contributed by atoms with Crippen molar-refractivity contribution in [3.63, 3.8) is 0 Å². The fourth-order valence-electron chi connectivity index (χ4n) is 2.66. The SMILES string of the molecule is CCCC1NC(=O)CC(C)N(Cc2cccc(Cl)c2)C1=O. The number of benzene rings is 1. The van der Waals surface area contributed by atoms with E-state index in [1.54, 1.807) is 4.90 Å². The van der Waals surface area contributed by atoms with Crippen molar-refractivity contribution in [2.24, 2.45) is 0 Å². The van der Waals surface area contributed by atoms with Gasteiger partial charge in [-0.3, -0.25) is 9.59 Å². The number of rotatable bonds is 4. The molecule has 2 amide bonds. The minimum atomic E-state index is -0.411. The van der Waals surface area contributed by atoms with Gasteiger partial charge in [0.1, 0.15) is 6.04 Å². The predicted octanol–water partition coefficient (Wildman–Crippen LogP) is 2.75. The van der Waals surface area contributed by atoms with Crippen molar-refractivity contribution < 1.29 is 9.59 Å². The van der Waals surface area contributed by atoms with Gasteiger partial charge >= 0.3 is 0 Å². The molecule has 0 aliphatic carbocycles. The summed E-state index contributed by atoms with van der Waals surface area (Å²) in [6, 6.07) is 6.96. The first-order valence-electron chi connectivity index (χ1n) is 7.35. The van der Waals surface area contributed by atoms with Crippen LogP contribution < -0.4 is 5.32 Å². The zero-order chi connectivity index (χ0) is 15.4. The minimum Gasteiger partial charge on any atom is -0.344 e. The Balaban J connectivity index is 2.21. The maximum Gasteiger partial charge on any atom is 0.245 e. The molecule has 21 heavy (non-hydrogen) atoms. The Hall–Kier alpha value is -1.55. The van der Waals surface area contributed by atoms with Crippen molar-refractivity contribution in [2.75, 3.05) is 0 Å². The number of carbonyl (C=O) groups is 2. The highest BCUT2D eigenvalue weighted by Gasteiger charge is 2.33. The van der Waals surface area contributed by atoms with E-state index in [9.17, 15) is 9.59 Å². The van der Waals surface area contributed by atoms with Gasteiger partial charge in [-0.25, -0.2) is 0 Å². The highest BCUT2D eigenvalue weighted by Crippen LogP contribution is 2.19. The molecule has 1 aliphatic rings. The lowest BCUT2D eigenvalue weighted by atomic mass is 10.1. The fraction of sp³-hybridized carbons (Fsp3) is 0.500. The number of hydrogen-bond donors (Lipinski definition) is 1. The van der Waals surface area contributed by atoms with E-state index in [0.717, 1.165) is 12.0 Å². The van der Waals surface area contributed by atoms with Gasteiger partial charge in [0.15, 0.2) is 0 Å². The van der Waals surface area contributed by atoms with Crippen LogP contribution in [0.3, 0.4) is 0 Å². The first kappa shape index (κ1) is 15.8. The van der Waals surface area contributed by atoms with E-state index in [0.29, 0.717) is 24.4 Å². The number of carbonyl (C=O) groups excluding carboxylic acids is 2. The molecule has 1 aliphatic heterocycles. The van der Waals surface area contributed by atoms with Crippen LogP contribution in [0.4, 0.5) is 0 Å². The van der Waals surface area contributed by atoms with E-state index in [2.05, 4.69) is 5.32 Å². The molecule has 1 N–H and O–H groups in total. The molecule has 1 aromatic rings. The average Bonchev–Trinajstić information content (AvgIpc) is 2.51. The van der Waals surface area contributed by atoms with E-state index < -0.39 is 6.04 Å². The smallest absolute Gasteiger partial charge is 0.245 e. The minimum absolute atomic E-state index is 0.00447. The van der Waals surface area contributed by atoms with Crippen molar-refractivity contribution in [3.05, 3.63) is 34.9 Å². The third-order valence-corrected chi connectivity index (χ3v) is 3.98. The van der Waals surface area contributed by atoms with E-state index in [4.69, 9.17) is 11.6 Å². The molecular weight excluding hydrogens is 288 g/mol. The monoisotopic (exact) mass is 308 g/mol. The summed E-state index contributed by atoms with van der Waals surface area (Å²) in [7, 11) is 0. The van der Waals surface area contributed by atoms with Gasteiger partial charge < -0.3 is 10.2 Å². The summed E-state index contributed by atoms with van der Waals surface area (Å²) >= 11 is 6.00. The predicted molar refractivity (Wildman–Crippen MR) is 82.9 cm³/mol. The molecular formula is C16H21ClN2O2. The van der Waals surface area contributed by atoms with Crippen molar-refractivity contribution in [3.8, 4) is 0 Å².